The summed E-state index contributed by atoms with van der Waals surface area (Å²) in [7, 11) is 0. The standard InChI is InChI=1S/C9H13N3O3S/c1-2-4-6(3-5(10)8(14)15)11-9(16)12-7(4)13/h5H,2-3,10H2,1H3,(H,14,15)(H2,11,12,13,16). The Labute approximate surface area is 96.5 Å². The third-order valence-electron chi connectivity index (χ3n) is 2.22. The van der Waals surface area contributed by atoms with E-state index >= 15 is 0 Å². The normalized spacial score (nSPS) is 12.4. The molecule has 0 aliphatic carbocycles. The van der Waals surface area contributed by atoms with Crippen LogP contribution in [0.3, 0.4) is 0 Å². The van der Waals surface area contributed by atoms with Crippen molar-refractivity contribution < 1.29 is 9.90 Å². The molecule has 6 nitrogen and oxygen atoms in total. The van der Waals surface area contributed by atoms with Gasteiger partial charge in [-0.3, -0.25) is 14.6 Å². The molecule has 0 aliphatic heterocycles. The topological polar surface area (TPSA) is 112 Å². The number of aromatic nitrogens is 2. The Bertz CT molecular complexity index is 505. The molecule has 1 aromatic heterocycles. The Kier molecular flexibility index (Phi) is 3.97. The first-order chi connectivity index (χ1) is 7.45. The molecule has 1 atom stereocenters. The predicted molar refractivity (Wildman–Crippen MR) is 60.9 cm³/mol. The SMILES string of the molecule is CCc1c(CC(N)C(=O)O)[nH]c(=S)[nH]c1=O. The summed E-state index contributed by atoms with van der Waals surface area (Å²) in [5, 5.41) is 8.69. The molecule has 1 heterocycles. The van der Waals surface area contributed by atoms with Gasteiger partial charge in [0.25, 0.3) is 5.56 Å². The number of aliphatic carboxylic acids is 1. The molecule has 7 heteroatoms. The second-order valence-corrected chi connectivity index (χ2v) is 3.78. The molecule has 0 aromatic carbocycles. The Morgan fingerprint density at radius 2 is 2.19 bits per heavy atom. The van der Waals surface area contributed by atoms with Crippen molar-refractivity contribution in [2.24, 2.45) is 5.73 Å². The van der Waals surface area contributed by atoms with Crippen LogP contribution in [0.15, 0.2) is 4.79 Å². The fourth-order valence-electron chi connectivity index (χ4n) is 1.41. The van der Waals surface area contributed by atoms with Gasteiger partial charge in [0.15, 0.2) is 4.77 Å². The third-order valence-corrected chi connectivity index (χ3v) is 2.43. The van der Waals surface area contributed by atoms with Gasteiger partial charge in [0.2, 0.25) is 0 Å². The second-order valence-electron chi connectivity index (χ2n) is 3.37. The highest BCUT2D eigenvalue weighted by Gasteiger charge is 2.16. The number of nitrogens with two attached hydrogens (primary N) is 1. The Hall–Kier alpha value is -1.47. The van der Waals surface area contributed by atoms with Crippen LogP contribution in [-0.4, -0.2) is 27.1 Å². The lowest BCUT2D eigenvalue weighted by molar-refractivity contribution is -0.138. The predicted octanol–water partition coefficient (Wildman–Crippen LogP) is -0.0507. The first-order valence-corrected chi connectivity index (χ1v) is 5.19. The van der Waals surface area contributed by atoms with Crippen molar-refractivity contribution in [2.75, 3.05) is 0 Å². The minimum absolute atomic E-state index is 0.0616. The van der Waals surface area contributed by atoms with Gasteiger partial charge >= 0.3 is 5.97 Å². The molecule has 0 fully saturated rings. The monoisotopic (exact) mass is 243 g/mol. The van der Waals surface area contributed by atoms with Gasteiger partial charge in [0.1, 0.15) is 6.04 Å². The molecule has 0 spiro atoms. The number of H-pyrrole nitrogens is 2. The van der Waals surface area contributed by atoms with Gasteiger partial charge in [-0.1, -0.05) is 6.92 Å². The maximum absolute atomic E-state index is 11.5. The number of carbonyl (C=O) groups is 1. The molecule has 0 saturated heterocycles. The van der Waals surface area contributed by atoms with E-state index in [1.165, 1.54) is 0 Å². The minimum atomic E-state index is -1.11. The van der Waals surface area contributed by atoms with Crippen molar-refractivity contribution in [2.45, 2.75) is 25.8 Å². The highest BCUT2D eigenvalue weighted by Crippen LogP contribution is 2.03. The zero-order valence-corrected chi connectivity index (χ0v) is 9.56. The van der Waals surface area contributed by atoms with E-state index in [1.54, 1.807) is 6.92 Å². The van der Waals surface area contributed by atoms with Crippen LogP contribution in [0.2, 0.25) is 0 Å². The van der Waals surface area contributed by atoms with Crippen molar-refractivity contribution in [1.29, 1.82) is 0 Å². The Morgan fingerprint density at radius 3 is 2.69 bits per heavy atom. The number of hydrogen-bond acceptors (Lipinski definition) is 4. The zero-order valence-electron chi connectivity index (χ0n) is 8.74. The van der Waals surface area contributed by atoms with Gasteiger partial charge in [-0.2, -0.15) is 0 Å². The van der Waals surface area contributed by atoms with Crippen LogP contribution in [0.5, 0.6) is 0 Å². The van der Waals surface area contributed by atoms with Crippen LogP contribution in [-0.2, 0) is 17.6 Å². The number of hydrogen-bond donors (Lipinski definition) is 4. The molecular weight excluding hydrogens is 230 g/mol. The van der Waals surface area contributed by atoms with Crippen LogP contribution in [0.1, 0.15) is 18.2 Å². The maximum atomic E-state index is 11.5. The van der Waals surface area contributed by atoms with E-state index in [4.69, 9.17) is 23.1 Å². The smallest absolute Gasteiger partial charge is 0.320 e. The first kappa shape index (κ1) is 12.6. The zero-order chi connectivity index (χ0) is 12.3. The number of aromatic amines is 2. The lowest BCUT2D eigenvalue weighted by atomic mass is 10.1. The van der Waals surface area contributed by atoms with E-state index < -0.39 is 12.0 Å². The fourth-order valence-corrected chi connectivity index (χ4v) is 1.63. The summed E-state index contributed by atoms with van der Waals surface area (Å²) in [4.78, 5) is 27.4. The van der Waals surface area contributed by atoms with Crippen LogP contribution in [0.4, 0.5) is 0 Å². The summed E-state index contributed by atoms with van der Waals surface area (Å²) < 4.78 is 0.176. The molecule has 0 amide bonds. The van der Waals surface area contributed by atoms with E-state index in [0.29, 0.717) is 17.7 Å². The molecule has 16 heavy (non-hydrogen) atoms. The van der Waals surface area contributed by atoms with E-state index in [-0.39, 0.29) is 16.8 Å². The van der Waals surface area contributed by atoms with Crippen LogP contribution in [0, 0.1) is 4.77 Å². The highest BCUT2D eigenvalue weighted by molar-refractivity contribution is 7.71. The Balaban J connectivity index is 3.17. The number of rotatable bonds is 4. The van der Waals surface area contributed by atoms with Crippen LogP contribution in [0.25, 0.3) is 0 Å². The lowest BCUT2D eigenvalue weighted by Gasteiger charge is -2.09. The lowest BCUT2D eigenvalue weighted by Crippen LogP contribution is -2.34. The molecular formula is C9H13N3O3S. The van der Waals surface area contributed by atoms with Gasteiger partial charge < -0.3 is 15.8 Å². The van der Waals surface area contributed by atoms with Crippen LogP contribution >= 0.6 is 12.2 Å². The molecule has 0 radical (unpaired) electrons. The van der Waals surface area contributed by atoms with Gasteiger partial charge in [-0.25, -0.2) is 0 Å². The Morgan fingerprint density at radius 1 is 1.56 bits per heavy atom. The van der Waals surface area contributed by atoms with Gasteiger partial charge in [-0.15, -0.1) is 0 Å². The van der Waals surface area contributed by atoms with Gasteiger partial charge in [-0.05, 0) is 18.6 Å². The van der Waals surface area contributed by atoms with Crippen molar-refractivity contribution in [3.05, 3.63) is 26.4 Å². The number of nitrogens with one attached hydrogen (secondary N) is 2. The van der Waals surface area contributed by atoms with E-state index in [0.717, 1.165) is 0 Å². The third kappa shape index (κ3) is 2.77. The van der Waals surface area contributed by atoms with Crippen molar-refractivity contribution in [3.8, 4) is 0 Å². The molecule has 0 bridgehead atoms. The summed E-state index contributed by atoms with van der Waals surface area (Å²) in [6.45, 7) is 1.80. The summed E-state index contributed by atoms with van der Waals surface area (Å²) in [6.07, 6.45) is 0.551. The van der Waals surface area contributed by atoms with Crippen molar-refractivity contribution in [3.63, 3.8) is 0 Å². The van der Waals surface area contributed by atoms with E-state index in [2.05, 4.69) is 9.97 Å². The van der Waals surface area contributed by atoms with Crippen LogP contribution < -0.4 is 11.3 Å². The number of carboxylic acids is 1. The summed E-state index contributed by atoms with van der Waals surface area (Å²) in [5.74, 6) is -1.11. The van der Waals surface area contributed by atoms with Gasteiger partial charge in [0, 0.05) is 17.7 Å². The molecule has 0 saturated carbocycles. The average molecular weight is 243 g/mol. The van der Waals surface area contributed by atoms with Crippen molar-refractivity contribution in [1.82, 2.24) is 9.97 Å². The molecule has 1 aromatic rings. The summed E-state index contributed by atoms with van der Waals surface area (Å²) in [5.41, 5.74) is 6.10. The average Bonchev–Trinajstić information content (AvgIpc) is 2.16. The molecule has 88 valence electrons. The summed E-state index contributed by atoms with van der Waals surface area (Å²) in [6, 6.07) is -1.04. The minimum Gasteiger partial charge on any atom is -0.480 e. The molecule has 0 aliphatic rings. The molecule has 1 rings (SSSR count). The first-order valence-electron chi connectivity index (χ1n) is 4.78. The van der Waals surface area contributed by atoms with E-state index in [9.17, 15) is 9.59 Å². The van der Waals surface area contributed by atoms with E-state index in [1.807, 2.05) is 0 Å². The fraction of sp³-hybridized carbons (Fsp3) is 0.444. The maximum Gasteiger partial charge on any atom is 0.320 e. The second kappa shape index (κ2) is 5.04. The highest BCUT2D eigenvalue weighted by atomic mass is 32.1. The largest absolute Gasteiger partial charge is 0.480 e. The molecule has 5 N–H and O–H groups in total. The summed E-state index contributed by atoms with van der Waals surface area (Å²) >= 11 is 4.81. The van der Waals surface area contributed by atoms with Gasteiger partial charge in [0.05, 0.1) is 0 Å². The molecule has 1 unspecified atom stereocenters. The quantitative estimate of drug-likeness (QED) is 0.554. The number of carboxylic acid groups (broad SMARTS) is 1. The van der Waals surface area contributed by atoms with Crippen molar-refractivity contribution >= 4 is 18.2 Å².